The second-order valence-corrected chi connectivity index (χ2v) is 8.52. The van der Waals surface area contributed by atoms with Crippen LogP contribution in [0.4, 0.5) is 5.69 Å². The van der Waals surface area contributed by atoms with E-state index in [-0.39, 0.29) is 22.4 Å². The van der Waals surface area contributed by atoms with Crippen LogP contribution in [-0.4, -0.2) is 39.1 Å². The van der Waals surface area contributed by atoms with Gasteiger partial charge in [0, 0.05) is 43.7 Å². The topological polar surface area (TPSA) is 87.4 Å². The summed E-state index contributed by atoms with van der Waals surface area (Å²) in [5.41, 5.74) is 0.943. The van der Waals surface area contributed by atoms with E-state index >= 15 is 0 Å². The molecule has 156 valence electrons. The zero-order valence-electron chi connectivity index (χ0n) is 17.3. The van der Waals surface area contributed by atoms with E-state index in [0.717, 1.165) is 23.7 Å². The molecular formula is C22H24N4O4. The Balaban J connectivity index is 1.52. The molecule has 30 heavy (non-hydrogen) atoms. The number of aryl methyl sites for hydroxylation is 1. The first-order valence-corrected chi connectivity index (χ1v) is 10.1. The van der Waals surface area contributed by atoms with Crippen molar-refractivity contribution < 1.29 is 14.3 Å². The molecular weight excluding hydrogens is 384 g/mol. The maximum Gasteiger partial charge on any atom is 0.274 e. The molecule has 8 nitrogen and oxygen atoms in total. The van der Waals surface area contributed by atoms with Crippen LogP contribution in [-0.2, 0) is 17.3 Å². The molecule has 3 aliphatic rings. The smallest absolute Gasteiger partial charge is 0.274 e. The molecule has 2 aromatic heterocycles. The maximum absolute atomic E-state index is 13.0. The van der Waals surface area contributed by atoms with Gasteiger partial charge in [0.15, 0.2) is 0 Å². The molecule has 4 heterocycles. The Kier molecular flexibility index (Phi) is 4.05. The first-order valence-electron chi connectivity index (χ1n) is 10.1. The van der Waals surface area contributed by atoms with Crippen molar-refractivity contribution in [3.8, 4) is 5.75 Å². The minimum Gasteiger partial charge on any atom is -0.493 e. The van der Waals surface area contributed by atoms with E-state index in [2.05, 4.69) is 12.2 Å². The molecule has 1 aromatic carbocycles. The van der Waals surface area contributed by atoms with Crippen LogP contribution in [0, 0.1) is 0 Å². The predicted octanol–water partition coefficient (Wildman–Crippen LogP) is 2.66. The molecule has 3 aromatic rings. The molecule has 2 bridgehead atoms. The molecule has 1 N–H and O–H groups in total. The van der Waals surface area contributed by atoms with E-state index in [0.29, 0.717) is 24.5 Å². The molecule has 1 aliphatic carbocycles. The quantitative estimate of drug-likeness (QED) is 0.701. The summed E-state index contributed by atoms with van der Waals surface area (Å²) >= 11 is 0. The fraction of sp³-hybridized carbons (Fsp3) is 0.409. The lowest BCUT2D eigenvalue weighted by Gasteiger charge is -2.42. The summed E-state index contributed by atoms with van der Waals surface area (Å²) in [6.45, 7) is 5.06. The van der Waals surface area contributed by atoms with Gasteiger partial charge in [0.25, 0.3) is 11.5 Å². The first kappa shape index (κ1) is 18.9. The first-order chi connectivity index (χ1) is 14.3. The molecule has 0 spiro atoms. The van der Waals surface area contributed by atoms with Gasteiger partial charge in [-0.15, -0.1) is 0 Å². The van der Waals surface area contributed by atoms with Gasteiger partial charge in [0.2, 0.25) is 0 Å². The summed E-state index contributed by atoms with van der Waals surface area (Å²) in [4.78, 5) is 25.3. The fourth-order valence-electron chi connectivity index (χ4n) is 4.71. The zero-order valence-corrected chi connectivity index (χ0v) is 17.3. The maximum atomic E-state index is 13.0. The second-order valence-electron chi connectivity index (χ2n) is 8.52. The normalized spacial score (nSPS) is 24.6. The molecule has 8 heteroatoms. The molecule has 1 saturated carbocycles. The third kappa shape index (κ3) is 2.82. The van der Waals surface area contributed by atoms with Gasteiger partial charge in [0.1, 0.15) is 11.4 Å². The van der Waals surface area contributed by atoms with Crippen LogP contribution in [0.15, 0.2) is 41.5 Å². The number of nitrogens with one attached hydrogen (secondary N) is 1. The standard InChI is InChI=1S/C22H24N4O4/c1-4-29-18-9-17-14(10-26(24-17)22-11-21(2,12-22)30-13-22)8-15(18)19(27)23-16-6-5-7-25(3)20(16)28/h5-10H,4,11-13H2,1-3H3,(H,23,27). The highest BCUT2D eigenvalue weighted by molar-refractivity contribution is 6.08. The number of nitrogens with zero attached hydrogens (tertiary/aromatic N) is 3. The molecule has 6 rings (SSSR count). The zero-order chi connectivity index (χ0) is 21.1. The minimum absolute atomic E-state index is 0.0402. The summed E-state index contributed by atoms with van der Waals surface area (Å²) < 4.78 is 15.0. The van der Waals surface area contributed by atoms with Gasteiger partial charge in [-0.1, -0.05) is 0 Å². The molecule has 0 unspecified atom stereocenters. The van der Waals surface area contributed by atoms with E-state index in [1.54, 1.807) is 37.5 Å². The third-order valence-electron chi connectivity index (χ3n) is 6.10. The van der Waals surface area contributed by atoms with E-state index in [9.17, 15) is 9.59 Å². The summed E-state index contributed by atoms with van der Waals surface area (Å²) in [5.74, 6) is 0.0501. The number of carbonyl (C=O) groups is 1. The number of hydrogen-bond donors (Lipinski definition) is 1. The Hall–Kier alpha value is -3.13. The van der Waals surface area contributed by atoms with Crippen molar-refractivity contribution in [1.82, 2.24) is 14.3 Å². The molecule has 0 radical (unpaired) electrons. The van der Waals surface area contributed by atoms with Gasteiger partial charge in [-0.05, 0) is 32.0 Å². The van der Waals surface area contributed by atoms with Gasteiger partial charge in [-0.3, -0.25) is 14.3 Å². The monoisotopic (exact) mass is 408 g/mol. The van der Waals surface area contributed by atoms with E-state index in [1.165, 1.54) is 4.57 Å². The van der Waals surface area contributed by atoms with Crippen molar-refractivity contribution in [2.24, 2.45) is 7.05 Å². The van der Waals surface area contributed by atoms with Gasteiger partial charge in [-0.2, -0.15) is 5.10 Å². The summed E-state index contributed by atoms with van der Waals surface area (Å²) in [7, 11) is 1.64. The minimum atomic E-state index is -0.394. The molecule has 2 aliphatic heterocycles. The Morgan fingerprint density at radius 2 is 2.17 bits per heavy atom. The Morgan fingerprint density at radius 1 is 1.37 bits per heavy atom. The molecule has 3 fully saturated rings. The average Bonchev–Trinajstić information content (AvgIpc) is 3.35. The van der Waals surface area contributed by atoms with Crippen LogP contribution >= 0.6 is 0 Å². The number of ether oxygens (including phenoxy) is 2. The number of rotatable bonds is 5. The lowest BCUT2D eigenvalue weighted by atomic mass is 9.69. The Bertz CT molecular complexity index is 1220. The largest absolute Gasteiger partial charge is 0.493 e. The van der Waals surface area contributed by atoms with Crippen LogP contribution in [0.1, 0.15) is 37.0 Å². The summed E-state index contributed by atoms with van der Waals surface area (Å²) in [5, 5.41) is 8.32. The van der Waals surface area contributed by atoms with E-state index in [4.69, 9.17) is 14.6 Å². The van der Waals surface area contributed by atoms with Crippen LogP contribution in [0.2, 0.25) is 0 Å². The highest BCUT2D eigenvalue weighted by atomic mass is 16.5. The lowest BCUT2D eigenvalue weighted by Crippen LogP contribution is -2.49. The number of pyridine rings is 1. The van der Waals surface area contributed by atoms with Crippen LogP contribution in [0.5, 0.6) is 5.75 Å². The number of anilines is 1. The predicted molar refractivity (Wildman–Crippen MR) is 112 cm³/mol. The van der Waals surface area contributed by atoms with Crippen molar-refractivity contribution in [1.29, 1.82) is 0 Å². The highest BCUT2D eigenvalue weighted by Gasteiger charge is 2.61. The van der Waals surface area contributed by atoms with Crippen molar-refractivity contribution in [3.05, 3.63) is 52.6 Å². The fourth-order valence-corrected chi connectivity index (χ4v) is 4.71. The third-order valence-corrected chi connectivity index (χ3v) is 6.10. The van der Waals surface area contributed by atoms with Gasteiger partial charge in [0.05, 0.1) is 35.4 Å². The van der Waals surface area contributed by atoms with E-state index in [1.807, 2.05) is 17.8 Å². The van der Waals surface area contributed by atoms with Crippen LogP contribution in [0.3, 0.4) is 0 Å². The number of carbonyl (C=O) groups excluding carboxylic acids is 1. The number of fused-ring (bicyclic) bond motifs is 2. The van der Waals surface area contributed by atoms with Crippen molar-refractivity contribution in [3.63, 3.8) is 0 Å². The second kappa shape index (κ2) is 6.43. The number of amides is 1. The van der Waals surface area contributed by atoms with Gasteiger partial charge >= 0.3 is 0 Å². The van der Waals surface area contributed by atoms with Crippen molar-refractivity contribution in [2.75, 3.05) is 18.5 Å². The average molecular weight is 408 g/mol. The lowest BCUT2D eigenvalue weighted by molar-refractivity contribution is 0.00383. The van der Waals surface area contributed by atoms with Crippen molar-refractivity contribution in [2.45, 2.75) is 37.8 Å². The molecule has 1 amide bonds. The summed E-state index contributed by atoms with van der Waals surface area (Å²) in [6, 6.07) is 6.86. The van der Waals surface area contributed by atoms with Crippen LogP contribution < -0.4 is 15.6 Å². The van der Waals surface area contributed by atoms with Gasteiger partial charge < -0.3 is 19.4 Å². The highest BCUT2D eigenvalue weighted by Crippen LogP contribution is 2.55. The number of aromatic nitrogens is 3. The Morgan fingerprint density at radius 3 is 2.87 bits per heavy atom. The van der Waals surface area contributed by atoms with Crippen molar-refractivity contribution >= 4 is 22.5 Å². The molecule has 0 atom stereocenters. The summed E-state index contributed by atoms with van der Waals surface area (Å²) in [6.07, 6.45) is 5.49. The molecule has 2 saturated heterocycles. The number of hydrogen-bond acceptors (Lipinski definition) is 5. The van der Waals surface area contributed by atoms with E-state index < -0.39 is 5.91 Å². The Labute approximate surface area is 173 Å². The number of benzene rings is 1. The van der Waals surface area contributed by atoms with Crippen LogP contribution in [0.25, 0.3) is 10.9 Å². The van der Waals surface area contributed by atoms with Gasteiger partial charge in [-0.25, -0.2) is 0 Å². The SMILES string of the molecule is CCOc1cc2nn(C34COC(C)(C3)C4)cc2cc1C(=O)Nc1cccn(C)c1=O.